The zero-order valence-electron chi connectivity index (χ0n) is 8.49. The molecule has 0 aliphatic carbocycles. The largest absolute Gasteiger partial charge is 0.497 e. The molecule has 0 radical (unpaired) electrons. The predicted octanol–water partition coefficient (Wildman–Crippen LogP) is 2.42. The van der Waals surface area contributed by atoms with Crippen LogP contribution >= 0.6 is 0 Å². The summed E-state index contributed by atoms with van der Waals surface area (Å²) in [7, 11) is 1.66. The predicted molar refractivity (Wildman–Crippen MR) is 58.9 cm³/mol. The standard InChI is InChI=1S/C12H11NO2/c1-14-8-2-3-9-10-4-5-13-7-12(10)15-11(9)6-8/h2-3,6-7H,4-5H2,1H3. The Morgan fingerprint density at radius 2 is 2.33 bits per heavy atom. The van der Waals surface area contributed by atoms with Crippen molar-refractivity contribution in [2.75, 3.05) is 13.7 Å². The minimum atomic E-state index is 0.825. The summed E-state index contributed by atoms with van der Waals surface area (Å²) in [5, 5.41) is 1.18. The molecule has 3 nitrogen and oxygen atoms in total. The number of hydrogen-bond acceptors (Lipinski definition) is 3. The Hall–Kier alpha value is -1.77. The summed E-state index contributed by atoms with van der Waals surface area (Å²) in [6.45, 7) is 0.855. The van der Waals surface area contributed by atoms with Gasteiger partial charge in [-0.25, -0.2) is 0 Å². The Bertz CT molecular complexity index is 540. The van der Waals surface area contributed by atoms with Crippen molar-refractivity contribution in [3.8, 4) is 5.75 Å². The lowest BCUT2D eigenvalue weighted by atomic mass is 10.1. The number of ether oxygens (including phenoxy) is 1. The molecule has 3 rings (SSSR count). The minimum Gasteiger partial charge on any atom is -0.497 e. The van der Waals surface area contributed by atoms with Gasteiger partial charge in [0, 0.05) is 23.6 Å². The molecule has 0 N–H and O–H groups in total. The van der Waals surface area contributed by atoms with E-state index in [4.69, 9.17) is 9.15 Å². The van der Waals surface area contributed by atoms with Crippen LogP contribution in [0.3, 0.4) is 0 Å². The van der Waals surface area contributed by atoms with Crippen molar-refractivity contribution < 1.29 is 9.15 Å². The van der Waals surface area contributed by atoms with Gasteiger partial charge in [-0.1, -0.05) is 0 Å². The fraction of sp³-hybridized carbons (Fsp3) is 0.250. The van der Waals surface area contributed by atoms with Crippen molar-refractivity contribution >= 4 is 17.2 Å². The number of rotatable bonds is 1. The molecule has 0 spiro atoms. The number of furan rings is 1. The third kappa shape index (κ3) is 1.23. The molecule has 0 unspecified atom stereocenters. The smallest absolute Gasteiger partial charge is 0.149 e. The molecule has 2 aromatic rings. The molecular formula is C12H11NO2. The van der Waals surface area contributed by atoms with Gasteiger partial charge in [-0.3, -0.25) is 4.99 Å². The normalized spacial score (nSPS) is 14.2. The third-order valence-electron chi connectivity index (χ3n) is 2.73. The molecule has 76 valence electrons. The lowest BCUT2D eigenvalue weighted by Gasteiger charge is -2.02. The van der Waals surface area contributed by atoms with Crippen LogP contribution in [-0.2, 0) is 6.42 Å². The summed E-state index contributed by atoms with van der Waals surface area (Å²) >= 11 is 0. The van der Waals surface area contributed by atoms with Crippen molar-refractivity contribution in [3.05, 3.63) is 29.5 Å². The van der Waals surface area contributed by atoms with Gasteiger partial charge >= 0.3 is 0 Å². The summed E-state index contributed by atoms with van der Waals surface area (Å²) in [6.07, 6.45) is 2.77. The van der Waals surface area contributed by atoms with Gasteiger partial charge in [0.2, 0.25) is 0 Å². The maximum absolute atomic E-state index is 5.70. The Morgan fingerprint density at radius 1 is 1.40 bits per heavy atom. The monoisotopic (exact) mass is 201 g/mol. The molecule has 0 saturated heterocycles. The van der Waals surface area contributed by atoms with Crippen molar-refractivity contribution in [1.29, 1.82) is 0 Å². The highest BCUT2D eigenvalue weighted by Gasteiger charge is 2.15. The number of hydrogen-bond donors (Lipinski definition) is 0. The van der Waals surface area contributed by atoms with Gasteiger partial charge in [0.1, 0.15) is 17.1 Å². The molecule has 1 aromatic heterocycles. The van der Waals surface area contributed by atoms with E-state index in [1.54, 1.807) is 7.11 Å². The van der Waals surface area contributed by atoms with Crippen molar-refractivity contribution in [3.63, 3.8) is 0 Å². The first-order chi connectivity index (χ1) is 7.38. The van der Waals surface area contributed by atoms with E-state index in [0.29, 0.717) is 0 Å². The first kappa shape index (κ1) is 8.53. The Labute approximate surface area is 87.4 Å². The van der Waals surface area contributed by atoms with Crippen LogP contribution < -0.4 is 4.74 Å². The van der Waals surface area contributed by atoms with E-state index in [1.165, 1.54) is 10.9 Å². The van der Waals surface area contributed by atoms with Crippen molar-refractivity contribution in [1.82, 2.24) is 0 Å². The lowest BCUT2D eigenvalue weighted by Crippen LogP contribution is -1.99. The van der Waals surface area contributed by atoms with Gasteiger partial charge in [0.05, 0.1) is 13.3 Å². The zero-order valence-corrected chi connectivity index (χ0v) is 8.49. The van der Waals surface area contributed by atoms with E-state index in [1.807, 2.05) is 18.3 Å². The molecule has 15 heavy (non-hydrogen) atoms. The third-order valence-corrected chi connectivity index (χ3v) is 2.73. The van der Waals surface area contributed by atoms with Crippen molar-refractivity contribution in [2.24, 2.45) is 4.99 Å². The molecule has 0 atom stereocenters. The summed E-state index contributed by atoms with van der Waals surface area (Å²) < 4.78 is 10.9. The molecule has 1 aliphatic heterocycles. The van der Waals surface area contributed by atoms with E-state index in [0.717, 1.165) is 30.1 Å². The highest BCUT2D eigenvalue weighted by Crippen LogP contribution is 2.29. The molecule has 0 fully saturated rings. The minimum absolute atomic E-state index is 0.825. The van der Waals surface area contributed by atoms with E-state index in [9.17, 15) is 0 Å². The number of aliphatic imine (C=N–C) groups is 1. The van der Waals surface area contributed by atoms with Gasteiger partial charge in [-0.15, -0.1) is 0 Å². The quantitative estimate of drug-likeness (QED) is 0.710. The summed E-state index contributed by atoms with van der Waals surface area (Å²) in [6, 6.07) is 5.93. The van der Waals surface area contributed by atoms with E-state index < -0.39 is 0 Å². The van der Waals surface area contributed by atoms with Crippen LogP contribution in [-0.4, -0.2) is 19.9 Å². The van der Waals surface area contributed by atoms with E-state index in [2.05, 4.69) is 11.1 Å². The number of benzene rings is 1. The molecule has 1 aliphatic rings. The van der Waals surface area contributed by atoms with Crippen LogP contribution in [0.2, 0.25) is 0 Å². The molecule has 0 bridgehead atoms. The first-order valence-corrected chi connectivity index (χ1v) is 4.98. The SMILES string of the molecule is COc1ccc2c3c(oc2c1)C=NCC3. The fourth-order valence-corrected chi connectivity index (χ4v) is 1.96. The second-order valence-corrected chi connectivity index (χ2v) is 3.59. The molecule has 3 heteroatoms. The Kier molecular flexibility index (Phi) is 1.78. The summed E-state index contributed by atoms with van der Waals surface area (Å²) in [5.41, 5.74) is 2.15. The van der Waals surface area contributed by atoms with Gasteiger partial charge in [-0.2, -0.15) is 0 Å². The fourth-order valence-electron chi connectivity index (χ4n) is 1.96. The molecular weight excluding hydrogens is 190 g/mol. The van der Waals surface area contributed by atoms with Crippen LogP contribution in [0.1, 0.15) is 11.3 Å². The summed E-state index contributed by atoms with van der Waals surface area (Å²) in [5.74, 6) is 1.72. The summed E-state index contributed by atoms with van der Waals surface area (Å²) in [4.78, 5) is 4.21. The van der Waals surface area contributed by atoms with Gasteiger partial charge in [-0.05, 0) is 18.6 Å². The second kappa shape index (κ2) is 3.12. The average Bonchev–Trinajstić information content (AvgIpc) is 2.66. The highest BCUT2D eigenvalue weighted by atomic mass is 16.5. The van der Waals surface area contributed by atoms with E-state index in [-0.39, 0.29) is 0 Å². The molecule has 0 amide bonds. The molecule has 1 aromatic carbocycles. The highest BCUT2D eigenvalue weighted by molar-refractivity contribution is 5.92. The van der Waals surface area contributed by atoms with Gasteiger partial charge in [0.25, 0.3) is 0 Å². The zero-order chi connectivity index (χ0) is 10.3. The van der Waals surface area contributed by atoms with Crippen LogP contribution in [0.25, 0.3) is 11.0 Å². The lowest BCUT2D eigenvalue weighted by molar-refractivity contribution is 0.414. The van der Waals surface area contributed by atoms with Crippen molar-refractivity contribution in [2.45, 2.75) is 6.42 Å². The topological polar surface area (TPSA) is 34.7 Å². The Balaban J connectivity index is 2.28. The van der Waals surface area contributed by atoms with Crippen LogP contribution in [0, 0.1) is 0 Å². The van der Waals surface area contributed by atoms with Crippen LogP contribution in [0.5, 0.6) is 5.75 Å². The number of fused-ring (bicyclic) bond motifs is 3. The van der Waals surface area contributed by atoms with Crippen LogP contribution in [0.4, 0.5) is 0 Å². The second-order valence-electron chi connectivity index (χ2n) is 3.59. The molecule has 0 saturated carbocycles. The first-order valence-electron chi connectivity index (χ1n) is 4.98. The average molecular weight is 201 g/mol. The van der Waals surface area contributed by atoms with E-state index >= 15 is 0 Å². The maximum Gasteiger partial charge on any atom is 0.149 e. The maximum atomic E-state index is 5.70. The molecule has 2 heterocycles. The number of nitrogens with zero attached hydrogens (tertiary/aromatic N) is 1. The van der Waals surface area contributed by atoms with Crippen LogP contribution in [0.15, 0.2) is 27.6 Å². The van der Waals surface area contributed by atoms with Gasteiger partial charge in [0.15, 0.2) is 0 Å². The number of methoxy groups -OCH3 is 1. The Morgan fingerprint density at radius 3 is 3.20 bits per heavy atom. The van der Waals surface area contributed by atoms with Gasteiger partial charge < -0.3 is 9.15 Å².